The summed E-state index contributed by atoms with van der Waals surface area (Å²) in [6, 6.07) is 10.7. The van der Waals surface area contributed by atoms with Gasteiger partial charge in [-0.2, -0.15) is 0 Å². The van der Waals surface area contributed by atoms with Gasteiger partial charge in [-0.1, -0.05) is 35.5 Å². The summed E-state index contributed by atoms with van der Waals surface area (Å²) in [5, 5.41) is 6.62. The van der Waals surface area contributed by atoms with Crippen LogP contribution in [0.3, 0.4) is 0 Å². The number of benzene rings is 1. The molecule has 2 amide bonds. The summed E-state index contributed by atoms with van der Waals surface area (Å²) < 4.78 is 10.8. The molecule has 0 saturated carbocycles. The molecule has 0 unspecified atom stereocenters. The maximum atomic E-state index is 12.8. The van der Waals surface area contributed by atoms with E-state index in [1.165, 1.54) is 0 Å². The fraction of sp³-hybridized carbons (Fsp3) is 0.421. The van der Waals surface area contributed by atoms with E-state index in [1.807, 2.05) is 51.1 Å². The van der Waals surface area contributed by atoms with Gasteiger partial charge in [0.25, 0.3) is 5.91 Å². The van der Waals surface area contributed by atoms with Gasteiger partial charge >= 0.3 is 0 Å². The highest BCUT2D eigenvalue weighted by atomic mass is 16.5. The molecule has 0 spiro atoms. The second-order valence-corrected chi connectivity index (χ2v) is 6.63. The zero-order valence-electron chi connectivity index (χ0n) is 15.1. The van der Waals surface area contributed by atoms with E-state index in [1.54, 1.807) is 11.0 Å². The van der Waals surface area contributed by atoms with Crippen molar-refractivity contribution in [3.63, 3.8) is 0 Å². The maximum absolute atomic E-state index is 12.8. The molecule has 1 fully saturated rings. The largest absolute Gasteiger partial charge is 0.359 e. The van der Waals surface area contributed by atoms with Crippen molar-refractivity contribution in [3.8, 4) is 0 Å². The van der Waals surface area contributed by atoms with Gasteiger partial charge in [0.05, 0.1) is 18.3 Å². The van der Waals surface area contributed by atoms with Gasteiger partial charge in [-0.25, -0.2) is 0 Å². The summed E-state index contributed by atoms with van der Waals surface area (Å²) in [7, 11) is 0. The van der Waals surface area contributed by atoms with E-state index in [0.29, 0.717) is 5.76 Å². The molecule has 1 aliphatic heterocycles. The number of hydrogen-bond donors (Lipinski definition) is 1. The van der Waals surface area contributed by atoms with Crippen molar-refractivity contribution in [1.29, 1.82) is 0 Å². The van der Waals surface area contributed by atoms with Crippen LogP contribution in [0, 0.1) is 6.92 Å². The first-order valence-corrected chi connectivity index (χ1v) is 8.65. The molecule has 2 atom stereocenters. The number of rotatable bonds is 5. The average Bonchev–Trinajstić information content (AvgIpc) is 3.05. The smallest absolute Gasteiger partial charge is 0.252 e. The molecule has 3 rings (SSSR count). The van der Waals surface area contributed by atoms with Crippen LogP contribution in [-0.2, 0) is 20.9 Å². The Morgan fingerprint density at radius 1 is 1.35 bits per heavy atom. The summed E-state index contributed by atoms with van der Waals surface area (Å²) >= 11 is 0. The summed E-state index contributed by atoms with van der Waals surface area (Å²) in [6.07, 6.45) is -0.790. The van der Waals surface area contributed by atoms with Crippen LogP contribution in [0.2, 0.25) is 0 Å². The zero-order chi connectivity index (χ0) is 18.7. The van der Waals surface area contributed by atoms with E-state index in [4.69, 9.17) is 9.26 Å². The van der Waals surface area contributed by atoms with Crippen molar-refractivity contribution in [2.24, 2.45) is 0 Å². The Morgan fingerprint density at radius 3 is 2.69 bits per heavy atom. The normalized spacial score (nSPS) is 20.5. The van der Waals surface area contributed by atoms with Crippen LogP contribution in [-0.4, -0.2) is 40.6 Å². The zero-order valence-corrected chi connectivity index (χ0v) is 15.1. The molecule has 2 aromatic rings. The lowest BCUT2D eigenvalue weighted by Crippen LogP contribution is -2.56. The molecule has 1 saturated heterocycles. The van der Waals surface area contributed by atoms with Crippen LogP contribution in [0.25, 0.3) is 0 Å². The van der Waals surface area contributed by atoms with Crippen molar-refractivity contribution in [2.45, 2.75) is 45.5 Å². The second kappa shape index (κ2) is 7.70. The maximum Gasteiger partial charge on any atom is 0.252 e. The van der Waals surface area contributed by atoms with Crippen molar-refractivity contribution < 1.29 is 18.8 Å². The van der Waals surface area contributed by atoms with Crippen LogP contribution in [0.15, 0.2) is 40.9 Å². The number of nitrogens with zero attached hydrogens (tertiary/aromatic N) is 2. The lowest BCUT2D eigenvalue weighted by Gasteiger charge is -2.42. The monoisotopic (exact) mass is 357 g/mol. The van der Waals surface area contributed by atoms with Gasteiger partial charge in [-0.05, 0) is 26.3 Å². The average molecular weight is 357 g/mol. The van der Waals surface area contributed by atoms with E-state index in [9.17, 15) is 9.59 Å². The Labute approximate surface area is 152 Å². The van der Waals surface area contributed by atoms with E-state index in [2.05, 4.69) is 10.5 Å². The third-order valence-electron chi connectivity index (χ3n) is 4.33. The Kier molecular flexibility index (Phi) is 5.37. The first-order valence-electron chi connectivity index (χ1n) is 8.65. The van der Waals surface area contributed by atoms with Gasteiger partial charge in [-0.3, -0.25) is 9.59 Å². The van der Waals surface area contributed by atoms with Crippen molar-refractivity contribution in [1.82, 2.24) is 15.4 Å². The van der Waals surface area contributed by atoms with E-state index >= 15 is 0 Å². The Bertz CT molecular complexity index is 772. The quantitative estimate of drug-likeness (QED) is 0.884. The SMILES string of the molecule is Cc1cc(CNC(=O)[C@H]2OCC(=O)N(C(C)C)[C@@H]2c2ccccc2)on1. The second-order valence-electron chi connectivity index (χ2n) is 6.63. The van der Waals surface area contributed by atoms with E-state index < -0.39 is 12.1 Å². The Morgan fingerprint density at radius 2 is 2.08 bits per heavy atom. The van der Waals surface area contributed by atoms with E-state index in [0.717, 1.165) is 11.3 Å². The number of carbonyl (C=O) groups excluding carboxylic acids is 2. The van der Waals surface area contributed by atoms with Crippen molar-refractivity contribution >= 4 is 11.8 Å². The van der Waals surface area contributed by atoms with Gasteiger partial charge in [0.1, 0.15) is 6.61 Å². The van der Waals surface area contributed by atoms with Crippen LogP contribution < -0.4 is 5.32 Å². The van der Waals surface area contributed by atoms with Crippen molar-refractivity contribution in [3.05, 3.63) is 53.4 Å². The third kappa shape index (κ3) is 3.77. The topological polar surface area (TPSA) is 84.7 Å². The highest BCUT2D eigenvalue weighted by Gasteiger charge is 2.42. The predicted octanol–water partition coefficient (Wildman–Crippen LogP) is 1.98. The molecular weight excluding hydrogens is 334 g/mol. The number of aryl methyl sites for hydroxylation is 1. The predicted molar refractivity (Wildman–Crippen MR) is 94.0 cm³/mol. The molecule has 138 valence electrons. The number of hydrogen-bond acceptors (Lipinski definition) is 5. The van der Waals surface area contributed by atoms with Gasteiger partial charge in [0, 0.05) is 12.1 Å². The van der Waals surface area contributed by atoms with Crippen LogP contribution in [0.5, 0.6) is 0 Å². The van der Waals surface area contributed by atoms with Crippen LogP contribution in [0.4, 0.5) is 0 Å². The fourth-order valence-electron chi connectivity index (χ4n) is 3.22. The molecular formula is C19H23N3O4. The number of morpholine rings is 1. The third-order valence-corrected chi connectivity index (χ3v) is 4.33. The number of amides is 2. The number of nitrogens with one attached hydrogen (secondary N) is 1. The first-order chi connectivity index (χ1) is 12.5. The highest BCUT2D eigenvalue weighted by molar-refractivity contribution is 5.86. The Balaban J connectivity index is 1.82. The number of aromatic nitrogens is 1. The molecule has 0 bridgehead atoms. The first kappa shape index (κ1) is 18.1. The minimum atomic E-state index is -0.790. The summed E-state index contributed by atoms with van der Waals surface area (Å²) in [4.78, 5) is 26.9. The van der Waals surface area contributed by atoms with E-state index in [-0.39, 0.29) is 31.0 Å². The molecule has 2 heterocycles. The van der Waals surface area contributed by atoms with Crippen LogP contribution in [0.1, 0.15) is 36.9 Å². The summed E-state index contributed by atoms with van der Waals surface area (Å²) in [5.74, 6) is 0.162. The molecule has 0 aliphatic carbocycles. The minimum absolute atomic E-state index is 0.0520. The van der Waals surface area contributed by atoms with Crippen molar-refractivity contribution in [2.75, 3.05) is 6.61 Å². The highest BCUT2D eigenvalue weighted by Crippen LogP contribution is 2.32. The van der Waals surface area contributed by atoms with Gasteiger partial charge < -0.3 is 19.5 Å². The Hall–Kier alpha value is -2.67. The molecule has 1 N–H and O–H groups in total. The summed E-state index contributed by atoms with van der Waals surface area (Å²) in [5.41, 5.74) is 1.62. The molecule has 1 aromatic heterocycles. The van der Waals surface area contributed by atoms with Gasteiger partial charge in [0.2, 0.25) is 5.91 Å². The lowest BCUT2D eigenvalue weighted by atomic mass is 9.96. The number of ether oxygens (including phenoxy) is 1. The molecule has 1 aromatic carbocycles. The molecule has 26 heavy (non-hydrogen) atoms. The number of carbonyl (C=O) groups is 2. The van der Waals surface area contributed by atoms with Gasteiger partial charge in [0.15, 0.2) is 11.9 Å². The molecule has 0 radical (unpaired) electrons. The van der Waals surface area contributed by atoms with Gasteiger partial charge in [-0.15, -0.1) is 0 Å². The molecule has 7 nitrogen and oxygen atoms in total. The summed E-state index contributed by atoms with van der Waals surface area (Å²) in [6.45, 7) is 5.80. The minimum Gasteiger partial charge on any atom is -0.359 e. The fourth-order valence-corrected chi connectivity index (χ4v) is 3.22. The van der Waals surface area contributed by atoms with Crippen LogP contribution >= 0.6 is 0 Å². The molecule has 7 heteroatoms. The lowest BCUT2D eigenvalue weighted by molar-refractivity contribution is -0.167. The molecule has 1 aliphatic rings. The standard InChI is InChI=1S/C19H23N3O4/c1-12(2)22-16(23)11-25-18(17(22)14-7-5-4-6-8-14)19(24)20-10-15-9-13(3)21-26-15/h4-9,12,17-18H,10-11H2,1-3H3,(H,20,24)/t17-,18+/m1/s1.